The van der Waals surface area contributed by atoms with Crippen LogP contribution in [0, 0.1) is 5.82 Å². The standard InChI is InChI=1S/C24H28ClFN6O/c1-16-21(18-5-6-19(22(26)13-18)14-28-11-2-10-27)15-30-23(31-16)32-24(33)29-12-9-17-3-7-20(25)8-4-17/h3-8,13,15,28H,1-2,9-12,14,27H2,(H3,29,30,31,32,33). The van der Waals surface area contributed by atoms with E-state index in [-0.39, 0.29) is 11.8 Å². The number of guanidine groups is 1. The van der Waals surface area contributed by atoms with Gasteiger partial charge in [0.25, 0.3) is 0 Å². The minimum atomic E-state index is -0.391. The Labute approximate surface area is 198 Å². The molecule has 0 bridgehead atoms. The summed E-state index contributed by atoms with van der Waals surface area (Å²) in [5.41, 5.74) is 8.90. The molecule has 1 heterocycles. The molecule has 174 valence electrons. The summed E-state index contributed by atoms with van der Waals surface area (Å²) >= 11 is 5.87. The smallest absolute Gasteiger partial charge is 0.321 e. The van der Waals surface area contributed by atoms with Gasteiger partial charge < -0.3 is 21.7 Å². The highest BCUT2D eigenvalue weighted by atomic mass is 35.5. The largest absolute Gasteiger partial charge is 0.337 e. The first kappa shape index (κ1) is 24.4. The van der Waals surface area contributed by atoms with E-state index in [1.807, 2.05) is 30.3 Å². The van der Waals surface area contributed by atoms with Gasteiger partial charge in [-0.2, -0.15) is 0 Å². The first-order chi connectivity index (χ1) is 16.0. The number of halogens is 2. The number of aliphatic imine (C=N–C) groups is 1. The summed E-state index contributed by atoms with van der Waals surface area (Å²) in [6.45, 7) is 6.20. The Morgan fingerprint density at radius 1 is 1.18 bits per heavy atom. The van der Waals surface area contributed by atoms with Gasteiger partial charge in [-0.3, -0.25) is 5.32 Å². The van der Waals surface area contributed by atoms with Crippen LogP contribution < -0.4 is 27.0 Å². The zero-order valence-electron chi connectivity index (χ0n) is 18.3. The molecule has 9 heteroatoms. The van der Waals surface area contributed by atoms with Gasteiger partial charge in [-0.1, -0.05) is 42.4 Å². The fraction of sp³-hybridized carbons (Fsp3) is 0.250. The summed E-state index contributed by atoms with van der Waals surface area (Å²) in [7, 11) is 0. The monoisotopic (exact) mass is 470 g/mol. The SMILES string of the molecule is C=C1NC(NC(=O)NCCc2ccc(Cl)cc2)=NC=C1c1ccc(CNCCCN)c(F)c1. The molecule has 3 rings (SSSR count). The molecule has 2 aromatic carbocycles. The molecule has 0 unspecified atom stereocenters. The van der Waals surface area contributed by atoms with Crippen LogP contribution in [-0.2, 0) is 13.0 Å². The molecule has 0 atom stereocenters. The lowest BCUT2D eigenvalue weighted by molar-refractivity contribution is 0.245. The van der Waals surface area contributed by atoms with Gasteiger partial charge in [0.05, 0.1) is 0 Å². The van der Waals surface area contributed by atoms with Gasteiger partial charge in [-0.25, -0.2) is 14.2 Å². The Bertz CT molecular complexity index is 1050. The molecule has 1 aliphatic rings. The second kappa shape index (κ2) is 12.2. The number of nitrogens with two attached hydrogens (primary N) is 1. The first-order valence-corrected chi connectivity index (χ1v) is 11.1. The molecule has 2 aromatic rings. The highest BCUT2D eigenvalue weighted by Crippen LogP contribution is 2.24. The van der Waals surface area contributed by atoms with Gasteiger partial charge in [0.15, 0.2) is 0 Å². The van der Waals surface area contributed by atoms with Crippen LogP contribution in [0.25, 0.3) is 5.57 Å². The molecule has 0 saturated carbocycles. The molecule has 2 amide bonds. The Hall–Kier alpha value is -3.20. The number of carbonyl (C=O) groups is 1. The van der Waals surface area contributed by atoms with Crippen molar-refractivity contribution < 1.29 is 9.18 Å². The number of carbonyl (C=O) groups excluding carboxylic acids is 1. The van der Waals surface area contributed by atoms with E-state index in [0.29, 0.717) is 53.5 Å². The quantitative estimate of drug-likeness (QED) is 0.363. The fourth-order valence-electron chi connectivity index (χ4n) is 3.19. The lowest BCUT2D eigenvalue weighted by Gasteiger charge is -2.20. The highest BCUT2D eigenvalue weighted by Gasteiger charge is 2.16. The van der Waals surface area contributed by atoms with Crippen molar-refractivity contribution in [2.24, 2.45) is 10.7 Å². The number of benzene rings is 2. The number of nitrogens with zero attached hydrogens (tertiary/aromatic N) is 1. The third-order valence-corrected chi connectivity index (χ3v) is 5.25. The van der Waals surface area contributed by atoms with Crippen molar-refractivity contribution in [3.8, 4) is 0 Å². The molecule has 0 aliphatic carbocycles. The van der Waals surface area contributed by atoms with Crippen molar-refractivity contribution in [3.63, 3.8) is 0 Å². The van der Waals surface area contributed by atoms with Crippen LogP contribution in [0.2, 0.25) is 5.02 Å². The van der Waals surface area contributed by atoms with Crippen LogP contribution in [-0.4, -0.2) is 31.6 Å². The van der Waals surface area contributed by atoms with E-state index in [1.165, 1.54) is 6.07 Å². The van der Waals surface area contributed by atoms with E-state index >= 15 is 0 Å². The number of hydrogen-bond acceptors (Lipinski definition) is 5. The molecule has 0 aromatic heterocycles. The van der Waals surface area contributed by atoms with Crippen molar-refractivity contribution >= 4 is 29.2 Å². The van der Waals surface area contributed by atoms with Gasteiger partial charge >= 0.3 is 6.03 Å². The Morgan fingerprint density at radius 2 is 1.97 bits per heavy atom. The number of urea groups is 1. The van der Waals surface area contributed by atoms with E-state index < -0.39 is 6.03 Å². The Kier molecular flexibility index (Phi) is 9.00. The first-order valence-electron chi connectivity index (χ1n) is 10.7. The van der Waals surface area contributed by atoms with Gasteiger partial charge in [0.2, 0.25) is 5.96 Å². The van der Waals surface area contributed by atoms with Gasteiger partial charge in [-0.05, 0) is 55.3 Å². The second-order valence-corrected chi connectivity index (χ2v) is 7.94. The number of amides is 2. The third-order valence-electron chi connectivity index (χ3n) is 5.00. The minimum Gasteiger partial charge on any atom is -0.337 e. The topological polar surface area (TPSA) is 104 Å². The van der Waals surface area contributed by atoms with Crippen molar-refractivity contribution in [2.45, 2.75) is 19.4 Å². The lowest BCUT2D eigenvalue weighted by atomic mass is 10.0. The van der Waals surface area contributed by atoms with Gasteiger partial charge in [0, 0.05) is 41.1 Å². The molecular formula is C24H28ClFN6O. The summed E-state index contributed by atoms with van der Waals surface area (Å²) in [5, 5.41) is 12.2. The molecule has 7 nitrogen and oxygen atoms in total. The number of allylic oxidation sites excluding steroid dienone is 1. The van der Waals surface area contributed by atoms with E-state index in [2.05, 4.69) is 32.8 Å². The normalized spacial score (nSPS) is 13.1. The molecule has 1 aliphatic heterocycles. The van der Waals surface area contributed by atoms with E-state index in [0.717, 1.165) is 18.5 Å². The zero-order chi connectivity index (χ0) is 23.6. The lowest BCUT2D eigenvalue weighted by Crippen LogP contribution is -2.46. The molecule has 0 spiro atoms. The third kappa shape index (κ3) is 7.42. The van der Waals surface area contributed by atoms with Gasteiger partial charge in [-0.15, -0.1) is 0 Å². The van der Waals surface area contributed by atoms with Crippen LogP contribution in [0.5, 0.6) is 0 Å². The zero-order valence-corrected chi connectivity index (χ0v) is 19.0. The highest BCUT2D eigenvalue weighted by molar-refractivity contribution is 6.30. The average Bonchev–Trinajstić information content (AvgIpc) is 2.79. The van der Waals surface area contributed by atoms with Crippen LogP contribution in [0.4, 0.5) is 9.18 Å². The summed E-state index contributed by atoms with van der Waals surface area (Å²) in [6.07, 6.45) is 3.06. The molecule has 33 heavy (non-hydrogen) atoms. The predicted octanol–water partition coefficient (Wildman–Crippen LogP) is 3.27. The number of rotatable bonds is 9. The molecule has 0 fully saturated rings. The minimum absolute atomic E-state index is 0.244. The molecule has 0 radical (unpaired) electrons. The van der Waals surface area contributed by atoms with E-state index in [9.17, 15) is 9.18 Å². The van der Waals surface area contributed by atoms with E-state index in [1.54, 1.807) is 12.3 Å². The van der Waals surface area contributed by atoms with Crippen LogP contribution in [0.3, 0.4) is 0 Å². The fourth-order valence-corrected chi connectivity index (χ4v) is 3.32. The maximum absolute atomic E-state index is 14.5. The number of nitrogens with one attached hydrogen (secondary N) is 4. The van der Waals surface area contributed by atoms with Gasteiger partial charge in [0.1, 0.15) is 5.82 Å². The maximum atomic E-state index is 14.5. The number of hydrogen-bond donors (Lipinski definition) is 5. The van der Waals surface area contributed by atoms with Crippen LogP contribution in [0.15, 0.2) is 65.9 Å². The predicted molar refractivity (Wildman–Crippen MR) is 131 cm³/mol. The van der Waals surface area contributed by atoms with Crippen molar-refractivity contribution in [1.82, 2.24) is 21.3 Å². The van der Waals surface area contributed by atoms with Crippen molar-refractivity contribution in [3.05, 3.63) is 88.5 Å². The summed E-state index contributed by atoms with van der Waals surface area (Å²) < 4.78 is 14.5. The van der Waals surface area contributed by atoms with E-state index in [4.69, 9.17) is 17.3 Å². The maximum Gasteiger partial charge on any atom is 0.321 e. The van der Waals surface area contributed by atoms with Crippen LogP contribution >= 0.6 is 11.6 Å². The average molecular weight is 471 g/mol. The summed E-state index contributed by atoms with van der Waals surface area (Å²) in [5.74, 6) is -0.0663. The van der Waals surface area contributed by atoms with Crippen LogP contribution in [0.1, 0.15) is 23.1 Å². The Morgan fingerprint density at radius 3 is 2.67 bits per heavy atom. The summed E-state index contributed by atoms with van der Waals surface area (Å²) in [6, 6.07) is 12.1. The Balaban J connectivity index is 1.53. The van der Waals surface area contributed by atoms with Crippen molar-refractivity contribution in [2.75, 3.05) is 19.6 Å². The second-order valence-electron chi connectivity index (χ2n) is 7.51. The summed E-state index contributed by atoms with van der Waals surface area (Å²) in [4.78, 5) is 16.4. The molecular weight excluding hydrogens is 443 g/mol. The molecule has 0 saturated heterocycles. The molecule has 6 N–H and O–H groups in total. The van der Waals surface area contributed by atoms with Crippen molar-refractivity contribution in [1.29, 1.82) is 0 Å².